The third-order valence-corrected chi connectivity index (χ3v) is 1.98. The van der Waals surface area contributed by atoms with Gasteiger partial charge in [-0.25, -0.2) is 0 Å². The SMILES string of the molecule is COc1ccc(C[B-](F)(F)F)cc1Cl.[K+]. The van der Waals surface area contributed by atoms with Crippen LogP contribution in [0.25, 0.3) is 0 Å². The van der Waals surface area contributed by atoms with Crippen LogP contribution in [-0.4, -0.2) is 14.1 Å². The Labute approximate surface area is 134 Å². The van der Waals surface area contributed by atoms with Crippen LogP contribution < -0.4 is 56.1 Å². The Hall–Kier alpha value is 0.801. The first-order valence-electron chi connectivity index (χ1n) is 3.96. The normalized spacial score (nSPS) is 10.7. The van der Waals surface area contributed by atoms with Crippen LogP contribution in [0.3, 0.4) is 0 Å². The Kier molecular flexibility index (Phi) is 6.86. The number of rotatable bonds is 3. The van der Waals surface area contributed by atoms with Gasteiger partial charge in [0.25, 0.3) is 0 Å². The molecule has 1 aromatic rings. The Morgan fingerprint density at radius 3 is 2.33 bits per heavy atom. The van der Waals surface area contributed by atoms with Crippen LogP contribution in [0.2, 0.25) is 5.02 Å². The van der Waals surface area contributed by atoms with Gasteiger partial charge in [-0.15, -0.1) is 0 Å². The van der Waals surface area contributed by atoms with Gasteiger partial charge in [-0.2, -0.15) is 0 Å². The van der Waals surface area contributed by atoms with Gasteiger partial charge in [0.05, 0.1) is 12.1 Å². The van der Waals surface area contributed by atoms with E-state index in [1.807, 2.05) is 0 Å². The van der Waals surface area contributed by atoms with Crippen LogP contribution in [0.1, 0.15) is 5.56 Å². The van der Waals surface area contributed by atoms with E-state index in [4.69, 9.17) is 16.3 Å². The fourth-order valence-corrected chi connectivity index (χ4v) is 1.38. The maximum atomic E-state index is 12.0. The van der Waals surface area contributed by atoms with E-state index in [1.54, 1.807) is 0 Å². The average Bonchev–Trinajstić information content (AvgIpc) is 2.01. The molecule has 1 aromatic carbocycles. The zero-order valence-electron chi connectivity index (χ0n) is 8.44. The zero-order chi connectivity index (χ0) is 10.8. The zero-order valence-corrected chi connectivity index (χ0v) is 12.3. The van der Waals surface area contributed by atoms with Crippen LogP contribution in [0.5, 0.6) is 5.75 Å². The van der Waals surface area contributed by atoms with Crippen LogP contribution in [0.4, 0.5) is 12.9 Å². The van der Waals surface area contributed by atoms with E-state index < -0.39 is 13.3 Å². The van der Waals surface area contributed by atoms with Crippen molar-refractivity contribution in [3.05, 3.63) is 28.8 Å². The van der Waals surface area contributed by atoms with Crippen LogP contribution in [-0.2, 0) is 6.32 Å². The molecule has 0 N–H and O–H groups in total. The van der Waals surface area contributed by atoms with Gasteiger partial charge in [-0.1, -0.05) is 29.6 Å². The maximum absolute atomic E-state index is 12.0. The van der Waals surface area contributed by atoms with Crippen molar-refractivity contribution in [2.24, 2.45) is 0 Å². The molecule has 0 saturated carbocycles. The second-order valence-corrected chi connectivity index (χ2v) is 3.29. The quantitative estimate of drug-likeness (QED) is 0.711. The van der Waals surface area contributed by atoms with E-state index in [0.29, 0.717) is 5.75 Å². The van der Waals surface area contributed by atoms with Crippen molar-refractivity contribution in [1.29, 1.82) is 0 Å². The number of halogens is 4. The van der Waals surface area contributed by atoms with E-state index in [1.165, 1.54) is 25.3 Å². The number of hydrogen-bond acceptors (Lipinski definition) is 1. The molecule has 0 aromatic heterocycles. The van der Waals surface area contributed by atoms with Crippen LogP contribution >= 0.6 is 11.6 Å². The Balaban J connectivity index is 0.00000196. The van der Waals surface area contributed by atoms with Gasteiger partial charge in [0.15, 0.2) is 0 Å². The van der Waals surface area contributed by atoms with Crippen molar-refractivity contribution in [3.63, 3.8) is 0 Å². The summed E-state index contributed by atoms with van der Waals surface area (Å²) in [5.41, 5.74) is 0.156. The molecule has 0 atom stereocenters. The second kappa shape index (κ2) is 6.52. The van der Waals surface area contributed by atoms with Crippen molar-refractivity contribution >= 4 is 18.6 Å². The molecule has 0 saturated heterocycles. The molecule has 0 aliphatic rings. The molecule has 0 spiro atoms. The topological polar surface area (TPSA) is 9.23 Å². The predicted octanol–water partition coefficient (Wildman–Crippen LogP) is 0.282. The summed E-state index contributed by atoms with van der Waals surface area (Å²) in [6.07, 6.45) is -0.913. The van der Waals surface area contributed by atoms with Crippen molar-refractivity contribution < 1.29 is 69.1 Å². The first kappa shape index (κ1) is 15.8. The van der Waals surface area contributed by atoms with Gasteiger partial charge in [0.2, 0.25) is 0 Å². The van der Waals surface area contributed by atoms with Gasteiger partial charge >= 0.3 is 58.4 Å². The number of hydrogen-bond donors (Lipinski definition) is 0. The molecular formula is C8H8BClF3KO. The largest absolute Gasteiger partial charge is 1.00 e. The molecule has 1 rings (SSSR count). The second-order valence-electron chi connectivity index (χ2n) is 2.88. The van der Waals surface area contributed by atoms with Crippen molar-refractivity contribution in [2.45, 2.75) is 6.32 Å². The number of ether oxygens (including phenoxy) is 1. The first-order chi connectivity index (χ1) is 6.42. The van der Waals surface area contributed by atoms with Crippen molar-refractivity contribution in [2.75, 3.05) is 7.11 Å². The van der Waals surface area contributed by atoms with Gasteiger partial charge in [-0.05, 0) is 12.1 Å². The van der Waals surface area contributed by atoms with Gasteiger partial charge < -0.3 is 17.7 Å². The third-order valence-electron chi connectivity index (χ3n) is 1.68. The summed E-state index contributed by atoms with van der Waals surface area (Å²) in [5, 5.41) is 0.199. The summed E-state index contributed by atoms with van der Waals surface area (Å²) >= 11 is 5.67. The average molecular weight is 263 g/mol. The van der Waals surface area contributed by atoms with Crippen LogP contribution in [0, 0.1) is 0 Å². The molecule has 78 valence electrons. The fraction of sp³-hybridized carbons (Fsp3) is 0.250. The van der Waals surface area contributed by atoms with E-state index in [2.05, 4.69) is 0 Å². The van der Waals surface area contributed by atoms with E-state index in [9.17, 15) is 12.9 Å². The van der Waals surface area contributed by atoms with Gasteiger partial charge in [0, 0.05) is 0 Å². The van der Waals surface area contributed by atoms with Crippen molar-refractivity contribution in [3.8, 4) is 5.75 Å². The molecule has 0 amide bonds. The minimum Gasteiger partial charge on any atom is -0.495 e. The molecule has 0 aliphatic carbocycles. The maximum Gasteiger partial charge on any atom is 1.00 e. The molecule has 0 unspecified atom stereocenters. The summed E-state index contributed by atoms with van der Waals surface area (Å²) in [4.78, 5) is 0. The summed E-state index contributed by atoms with van der Waals surface area (Å²) in [6.45, 7) is -4.81. The third kappa shape index (κ3) is 5.61. The van der Waals surface area contributed by atoms with E-state index >= 15 is 0 Å². The molecule has 0 radical (unpaired) electrons. The summed E-state index contributed by atoms with van der Waals surface area (Å²) in [7, 11) is 1.41. The van der Waals surface area contributed by atoms with E-state index in [0.717, 1.165) is 0 Å². The smallest absolute Gasteiger partial charge is 0.495 e. The Morgan fingerprint density at radius 1 is 1.33 bits per heavy atom. The van der Waals surface area contributed by atoms with E-state index in [-0.39, 0.29) is 62.0 Å². The standard InChI is InChI=1S/C8H8BClF3O.K/c1-14-8-3-2-6(4-7(8)10)5-9(11,12)13;/h2-4H,5H2,1H3;/q-1;+1. The molecule has 0 bridgehead atoms. The molecule has 15 heavy (non-hydrogen) atoms. The fourth-order valence-electron chi connectivity index (χ4n) is 1.10. The Bertz CT molecular complexity index is 332. The molecular weight excluding hydrogens is 254 g/mol. The first-order valence-corrected chi connectivity index (χ1v) is 4.33. The molecule has 0 heterocycles. The van der Waals surface area contributed by atoms with Crippen LogP contribution in [0.15, 0.2) is 18.2 Å². The molecule has 7 heteroatoms. The minimum absolute atomic E-state index is 0. The monoisotopic (exact) mass is 262 g/mol. The van der Waals surface area contributed by atoms with Crippen molar-refractivity contribution in [1.82, 2.24) is 0 Å². The van der Waals surface area contributed by atoms with Gasteiger partial charge in [-0.3, -0.25) is 0 Å². The molecule has 0 aliphatic heterocycles. The molecule has 1 nitrogen and oxygen atoms in total. The predicted molar refractivity (Wildman–Crippen MR) is 50.8 cm³/mol. The van der Waals surface area contributed by atoms with Gasteiger partial charge in [0.1, 0.15) is 5.75 Å². The number of benzene rings is 1. The summed E-state index contributed by atoms with van der Waals surface area (Å²) < 4.78 is 41.0. The minimum atomic E-state index is -4.81. The molecule has 0 fully saturated rings. The number of methoxy groups -OCH3 is 1. The summed E-state index contributed by atoms with van der Waals surface area (Å²) in [6, 6.07) is 4.06. The Morgan fingerprint density at radius 2 is 1.93 bits per heavy atom. The summed E-state index contributed by atoms with van der Waals surface area (Å²) in [5.74, 6) is 0.380.